The Morgan fingerprint density at radius 3 is 1.82 bits per heavy atom. The second-order valence-corrected chi connectivity index (χ2v) is 11.4. The van der Waals surface area contributed by atoms with E-state index in [0.29, 0.717) is 5.92 Å². The summed E-state index contributed by atoms with van der Waals surface area (Å²) in [6.07, 6.45) is 7.96. The lowest BCUT2D eigenvalue weighted by Gasteiger charge is -2.30. The highest BCUT2D eigenvalue weighted by Crippen LogP contribution is 2.41. The molecule has 1 aromatic heterocycles. The molecule has 0 N–H and O–H groups in total. The minimum Gasteiger partial charge on any atom is -0.456 e. The average Bonchev–Trinajstić information content (AvgIpc) is 3.48. The van der Waals surface area contributed by atoms with Crippen molar-refractivity contribution in [3.63, 3.8) is 0 Å². The van der Waals surface area contributed by atoms with Gasteiger partial charge in [0, 0.05) is 39.8 Å². The minimum atomic E-state index is 0.291. The van der Waals surface area contributed by atoms with E-state index in [9.17, 15) is 0 Å². The van der Waals surface area contributed by atoms with E-state index < -0.39 is 0 Å². The number of benzene rings is 6. The molecule has 0 aliphatic heterocycles. The average molecular weight is 566 g/mol. The Bertz CT molecular complexity index is 2080. The van der Waals surface area contributed by atoms with Crippen LogP contribution in [0.25, 0.3) is 44.2 Å². The maximum atomic E-state index is 6.38. The molecule has 0 amide bonds. The molecule has 0 bridgehead atoms. The van der Waals surface area contributed by atoms with Crippen LogP contribution in [0.4, 0.5) is 11.4 Å². The van der Waals surface area contributed by atoms with Gasteiger partial charge in [-0.2, -0.15) is 0 Å². The van der Waals surface area contributed by atoms with Crippen LogP contribution >= 0.6 is 0 Å². The first kappa shape index (κ1) is 26.1. The molecule has 8 rings (SSSR count). The largest absolute Gasteiger partial charge is 0.456 e. The number of nitrogens with zero attached hydrogens (tertiary/aromatic N) is 1. The van der Waals surface area contributed by atoms with Crippen LogP contribution in [0.15, 0.2) is 180 Å². The molecule has 1 atom stereocenters. The highest BCUT2D eigenvalue weighted by Gasteiger charge is 2.21. The smallest absolute Gasteiger partial charge is 0.137 e. The summed E-state index contributed by atoms with van der Waals surface area (Å²) in [4.78, 5) is 2.39. The van der Waals surface area contributed by atoms with E-state index in [4.69, 9.17) is 4.42 Å². The quantitative estimate of drug-likeness (QED) is 0.199. The zero-order chi connectivity index (χ0) is 29.3. The van der Waals surface area contributed by atoms with Crippen LogP contribution in [0.1, 0.15) is 17.9 Å². The Kier molecular flexibility index (Phi) is 6.66. The fourth-order valence-electron chi connectivity index (χ4n) is 6.38. The van der Waals surface area contributed by atoms with Gasteiger partial charge in [-0.05, 0) is 76.7 Å². The molecule has 0 radical (unpaired) electrons. The predicted molar refractivity (Wildman–Crippen MR) is 184 cm³/mol. The van der Waals surface area contributed by atoms with E-state index in [2.05, 4.69) is 163 Å². The predicted octanol–water partition coefficient (Wildman–Crippen LogP) is 11.7. The summed E-state index contributed by atoms with van der Waals surface area (Å²) in [5.74, 6) is 0.291. The molecule has 1 aliphatic carbocycles. The number of para-hydroxylation sites is 1. The van der Waals surface area contributed by atoms with Crippen molar-refractivity contribution in [1.82, 2.24) is 0 Å². The number of fused-ring (bicyclic) bond motifs is 3. The molecule has 2 nitrogen and oxygen atoms in total. The molecule has 2 heteroatoms. The topological polar surface area (TPSA) is 16.4 Å². The van der Waals surface area contributed by atoms with Crippen molar-refractivity contribution in [1.29, 1.82) is 0 Å². The zero-order valence-electron chi connectivity index (χ0n) is 24.3. The lowest BCUT2D eigenvalue weighted by molar-refractivity contribution is 0.669. The summed E-state index contributed by atoms with van der Waals surface area (Å²) in [7, 11) is 0. The first-order chi connectivity index (χ1) is 21.8. The highest BCUT2D eigenvalue weighted by molar-refractivity contribution is 6.06. The number of allylic oxidation sites excluding steroid dienone is 3. The Labute approximate surface area is 257 Å². The fourth-order valence-corrected chi connectivity index (χ4v) is 6.38. The maximum absolute atomic E-state index is 6.38. The number of hydrogen-bond donors (Lipinski definition) is 0. The van der Waals surface area contributed by atoms with E-state index in [-0.39, 0.29) is 0 Å². The van der Waals surface area contributed by atoms with Crippen LogP contribution < -0.4 is 4.90 Å². The summed E-state index contributed by atoms with van der Waals surface area (Å²) in [6.45, 7) is 0. The Morgan fingerprint density at radius 2 is 1.11 bits per heavy atom. The molecule has 7 aromatic rings. The lowest BCUT2D eigenvalue weighted by Crippen LogP contribution is -2.18. The number of furan rings is 1. The number of hydrogen-bond acceptors (Lipinski definition) is 2. The third-order valence-corrected chi connectivity index (χ3v) is 8.55. The van der Waals surface area contributed by atoms with Gasteiger partial charge >= 0.3 is 0 Å². The molecule has 6 aromatic carbocycles. The lowest BCUT2D eigenvalue weighted by atomic mass is 9.90. The van der Waals surface area contributed by atoms with Gasteiger partial charge in [0.05, 0.1) is 0 Å². The van der Waals surface area contributed by atoms with E-state index in [1.165, 1.54) is 27.8 Å². The van der Waals surface area contributed by atoms with Gasteiger partial charge in [0.2, 0.25) is 0 Å². The molecule has 0 saturated heterocycles. The molecule has 1 aliphatic rings. The summed E-state index contributed by atoms with van der Waals surface area (Å²) in [5.41, 5.74) is 11.2. The van der Waals surface area contributed by atoms with Gasteiger partial charge < -0.3 is 9.32 Å². The molecule has 0 spiro atoms. The number of anilines is 2. The Hall–Kier alpha value is -5.60. The van der Waals surface area contributed by atoms with Crippen molar-refractivity contribution in [2.24, 2.45) is 0 Å². The Balaban J connectivity index is 1.35. The summed E-state index contributed by atoms with van der Waals surface area (Å²) in [6, 6.07) is 53.9. The van der Waals surface area contributed by atoms with Gasteiger partial charge in [-0.25, -0.2) is 0 Å². The first-order valence-corrected chi connectivity index (χ1v) is 15.2. The summed E-state index contributed by atoms with van der Waals surface area (Å²) >= 11 is 0. The standard InChI is InChI=1S/C42H31NO/c1-4-13-30(14-5-1)33-19-12-20-36(26-33)43(37-23-24-40-39-21-10-11-22-41(39)44-42(40)29-37)38-27-34(31-15-6-2-7-16-31)25-35(28-38)32-17-8-3-9-18-32/h1-18,20-29,33H,19H2. The van der Waals surface area contributed by atoms with Crippen LogP contribution in [0.5, 0.6) is 0 Å². The summed E-state index contributed by atoms with van der Waals surface area (Å²) < 4.78 is 6.38. The molecule has 1 heterocycles. The second-order valence-electron chi connectivity index (χ2n) is 11.4. The number of rotatable bonds is 6. The first-order valence-electron chi connectivity index (χ1n) is 15.2. The molecule has 44 heavy (non-hydrogen) atoms. The van der Waals surface area contributed by atoms with E-state index >= 15 is 0 Å². The molecular weight excluding hydrogens is 534 g/mol. The van der Waals surface area contributed by atoms with Gasteiger partial charge in [0.1, 0.15) is 11.2 Å². The van der Waals surface area contributed by atoms with Crippen molar-refractivity contribution >= 4 is 33.3 Å². The van der Waals surface area contributed by atoms with Crippen molar-refractivity contribution in [2.75, 3.05) is 4.90 Å². The van der Waals surface area contributed by atoms with Gasteiger partial charge in [0.25, 0.3) is 0 Å². The molecular formula is C42H31NO. The van der Waals surface area contributed by atoms with Crippen molar-refractivity contribution in [2.45, 2.75) is 12.3 Å². The normalized spacial score (nSPS) is 14.5. The van der Waals surface area contributed by atoms with Crippen LogP contribution in [0.3, 0.4) is 0 Å². The van der Waals surface area contributed by atoms with Crippen molar-refractivity contribution in [3.05, 3.63) is 181 Å². The molecule has 0 saturated carbocycles. The third kappa shape index (κ3) is 4.91. The van der Waals surface area contributed by atoms with Crippen molar-refractivity contribution < 1.29 is 4.42 Å². The fraction of sp³-hybridized carbons (Fsp3) is 0.0476. The van der Waals surface area contributed by atoms with E-state index in [1.54, 1.807) is 0 Å². The highest BCUT2D eigenvalue weighted by atomic mass is 16.3. The minimum absolute atomic E-state index is 0.291. The Morgan fingerprint density at radius 1 is 0.500 bits per heavy atom. The van der Waals surface area contributed by atoms with Crippen molar-refractivity contribution in [3.8, 4) is 22.3 Å². The second kappa shape index (κ2) is 11.2. The monoisotopic (exact) mass is 565 g/mol. The molecule has 210 valence electrons. The zero-order valence-corrected chi connectivity index (χ0v) is 24.3. The van der Waals surface area contributed by atoms with Gasteiger partial charge in [0.15, 0.2) is 0 Å². The van der Waals surface area contributed by atoms with Gasteiger partial charge in [-0.1, -0.05) is 121 Å². The summed E-state index contributed by atoms with van der Waals surface area (Å²) in [5, 5.41) is 2.27. The van der Waals surface area contributed by atoms with Crippen LogP contribution in [-0.4, -0.2) is 0 Å². The van der Waals surface area contributed by atoms with Crippen LogP contribution in [0.2, 0.25) is 0 Å². The maximum Gasteiger partial charge on any atom is 0.137 e. The van der Waals surface area contributed by atoms with Gasteiger partial charge in [-0.15, -0.1) is 0 Å². The van der Waals surface area contributed by atoms with Gasteiger partial charge in [-0.3, -0.25) is 0 Å². The van der Waals surface area contributed by atoms with E-state index in [1.807, 2.05) is 12.1 Å². The van der Waals surface area contributed by atoms with Crippen LogP contribution in [0, 0.1) is 0 Å². The third-order valence-electron chi connectivity index (χ3n) is 8.55. The van der Waals surface area contributed by atoms with Crippen LogP contribution in [-0.2, 0) is 0 Å². The van der Waals surface area contributed by atoms with E-state index in [0.717, 1.165) is 45.4 Å². The molecule has 1 unspecified atom stereocenters. The molecule has 0 fully saturated rings. The SMILES string of the molecule is C1=CC(N(c2cc(-c3ccccc3)cc(-c3ccccc3)c2)c2ccc3c(c2)oc2ccccc23)=CC(c2ccccc2)C1.